The molecule has 37 heavy (non-hydrogen) atoms. The summed E-state index contributed by atoms with van der Waals surface area (Å²) in [6, 6.07) is 20.7. The highest BCUT2D eigenvalue weighted by atomic mass is 35.5. The lowest BCUT2D eigenvalue weighted by molar-refractivity contribution is -0.143. The van der Waals surface area contributed by atoms with Crippen molar-refractivity contribution in [3.8, 4) is 5.75 Å². The van der Waals surface area contributed by atoms with Crippen LogP contribution in [0.1, 0.15) is 48.6 Å². The summed E-state index contributed by atoms with van der Waals surface area (Å²) in [6.07, 6.45) is 0.388. The summed E-state index contributed by atoms with van der Waals surface area (Å²) in [4.78, 5) is 28.9. The Morgan fingerprint density at radius 1 is 0.919 bits per heavy atom. The van der Waals surface area contributed by atoms with Gasteiger partial charge in [-0.15, -0.1) is 0 Å². The van der Waals surface area contributed by atoms with Crippen molar-refractivity contribution in [2.75, 3.05) is 6.61 Å². The molecule has 0 aliphatic rings. The lowest BCUT2D eigenvalue weighted by Gasteiger charge is -2.33. The van der Waals surface area contributed by atoms with Gasteiger partial charge in [0.25, 0.3) is 5.91 Å². The normalized spacial score (nSPS) is 12.1. The predicted molar refractivity (Wildman–Crippen MR) is 150 cm³/mol. The van der Waals surface area contributed by atoms with E-state index in [1.807, 2.05) is 108 Å². The van der Waals surface area contributed by atoms with E-state index in [2.05, 4.69) is 5.32 Å². The molecule has 0 saturated heterocycles. The summed E-state index contributed by atoms with van der Waals surface area (Å²) in [5.41, 5.74) is 4.37. The Kier molecular flexibility index (Phi) is 9.39. The third kappa shape index (κ3) is 8.36. The molecular weight excluding hydrogens is 484 g/mol. The van der Waals surface area contributed by atoms with Gasteiger partial charge in [0.2, 0.25) is 5.91 Å². The number of hydrogen-bond donors (Lipinski definition) is 1. The molecule has 0 radical (unpaired) electrons. The second-order valence-corrected chi connectivity index (χ2v) is 11.0. The average Bonchev–Trinajstić information content (AvgIpc) is 2.83. The molecule has 1 atom stereocenters. The lowest BCUT2D eigenvalue weighted by Crippen LogP contribution is -2.55. The second kappa shape index (κ2) is 12.3. The van der Waals surface area contributed by atoms with Crippen molar-refractivity contribution >= 4 is 23.4 Å². The first kappa shape index (κ1) is 28.3. The Morgan fingerprint density at radius 3 is 2.08 bits per heavy atom. The summed E-state index contributed by atoms with van der Waals surface area (Å²) < 4.78 is 5.92. The number of rotatable bonds is 9. The number of ether oxygens (including phenoxy) is 1. The molecule has 0 saturated carbocycles. The largest absolute Gasteiger partial charge is 0.484 e. The van der Waals surface area contributed by atoms with Gasteiger partial charge >= 0.3 is 0 Å². The van der Waals surface area contributed by atoms with Crippen LogP contribution in [0.4, 0.5) is 0 Å². The van der Waals surface area contributed by atoms with Crippen LogP contribution in [0, 0.1) is 20.8 Å². The Labute approximate surface area is 225 Å². The molecule has 0 aliphatic carbocycles. The van der Waals surface area contributed by atoms with Crippen molar-refractivity contribution in [2.24, 2.45) is 0 Å². The number of amides is 2. The maximum absolute atomic E-state index is 13.7. The smallest absolute Gasteiger partial charge is 0.261 e. The minimum absolute atomic E-state index is 0.194. The van der Waals surface area contributed by atoms with Crippen LogP contribution < -0.4 is 10.1 Å². The number of aryl methyl sites for hydroxylation is 3. The first-order chi connectivity index (χ1) is 17.4. The van der Waals surface area contributed by atoms with E-state index in [-0.39, 0.29) is 25.0 Å². The van der Waals surface area contributed by atoms with Gasteiger partial charge in [0.15, 0.2) is 6.61 Å². The van der Waals surface area contributed by atoms with Crippen LogP contribution in [0.5, 0.6) is 5.75 Å². The highest BCUT2D eigenvalue weighted by molar-refractivity contribution is 6.32. The molecule has 196 valence electrons. The van der Waals surface area contributed by atoms with Crippen LogP contribution in [0.25, 0.3) is 0 Å². The molecule has 0 spiro atoms. The van der Waals surface area contributed by atoms with Crippen molar-refractivity contribution in [3.63, 3.8) is 0 Å². The van der Waals surface area contributed by atoms with Crippen LogP contribution in [-0.4, -0.2) is 34.9 Å². The number of carbonyl (C=O) groups is 2. The van der Waals surface area contributed by atoms with Gasteiger partial charge in [0.05, 0.1) is 0 Å². The van der Waals surface area contributed by atoms with Gasteiger partial charge in [-0.3, -0.25) is 9.59 Å². The van der Waals surface area contributed by atoms with Crippen molar-refractivity contribution in [3.05, 3.63) is 99.6 Å². The molecule has 1 N–H and O–H groups in total. The van der Waals surface area contributed by atoms with Gasteiger partial charge in [0, 0.05) is 23.5 Å². The quantitative estimate of drug-likeness (QED) is 0.365. The highest BCUT2D eigenvalue weighted by Crippen LogP contribution is 2.26. The summed E-state index contributed by atoms with van der Waals surface area (Å²) in [5, 5.41) is 3.76. The maximum atomic E-state index is 13.7. The van der Waals surface area contributed by atoms with Gasteiger partial charge in [-0.1, -0.05) is 71.8 Å². The van der Waals surface area contributed by atoms with E-state index in [1.165, 1.54) is 0 Å². The molecule has 0 bridgehead atoms. The summed E-state index contributed by atoms with van der Waals surface area (Å²) >= 11 is 6.30. The first-order valence-electron chi connectivity index (χ1n) is 12.5. The van der Waals surface area contributed by atoms with Crippen molar-refractivity contribution in [2.45, 2.75) is 66.1 Å². The molecule has 0 aliphatic heterocycles. The van der Waals surface area contributed by atoms with Gasteiger partial charge in [-0.25, -0.2) is 0 Å². The van der Waals surface area contributed by atoms with E-state index in [9.17, 15) is 9.59 Å². The van der Waals surface area contributed by atoms with Crippen LogP contribution in [0.15, 0.2) is 66.7 Å². The van der Waals surface area contributed by atoms with Crippen molar-refractivity contribution in [1.29, 1.82) is 0 Å². The highest BCUT2D eigenvalue weighted by Gasteiger charge is 2.32. The topological polar surface area (TPSA) is 58.6 Å². The zero-order valence-electron chi connectivity index (χ0n) is 22.6. The number of nitrogens with one attached hydrogen (secondary N) is 1. The molecule has 5 nitrogen and oxygen atoms in total. The summed E-state index contributed by atoms with van der Waals surface area (Å²) in [6.45, 7) is 11.7. The summed E-state index contributed by atoms with van der Waals surface area (Å²) in [5.74, 6) is 0.104. The Bertz CT molecular complexity index is 1190. The molecular formula is C31H37ClN2O3. The average molecular weight is 521 g/mol. The minimum Gasteiger partial charge on any atom is -0.484 e. The van der Waals surface area contributed by atoms with Crippen LogP contribution in [0.2, 0.25) is 5.02 Å². The minimum atomic E-state index is -0.715. The van der Waals surface area contributed by atoms with E-state index in [4.69, 9.17) is 16.3 Å². The Morgan fingerprint density at radius 2 is 1.51 bits per heavy atom. The van der Waals surface area contributed by atoms with E-state index >= 15 is 0 Å². The molecule has 3 aromatic carbocycles. The van der Waals surface area contributed by atoms with E-state index in [0.29, 0.717) is 17.2 Å². The Balaban J connectivity index is 1.94. The fourth-order valence-corrected chi connectivity index (χ4v) is 4.22. The number of benzene rings is 3. The molecule has 0 aromatic heterocycles. The van der Waals surface area contributed by atoms with Crippen LogP contribution in [0.3, 0.4) is 0 Å². The molecule has 0 heterocycles. The van der Waals surface area contributed by atoms with E-state index in [0.717, 1.165) is 27.8 Å². The molecule has 0 unspecified atom stereocenters. The van der Waals surface area contributed by atoms with Crippen molar-refractivity contribution < 1.29 is 14.3 Å². The first-order valence-corrected chi connectivity index (χ1v) is 12.9. The third-order valence-electron chi connectivity index (χ3n) is 6.02. The fourth-order valence-electron chi connectivity index (χ4n) is 4.11. The Hall–Kier alpha value is -3.31. The predicted octanol–water partition coefficient (Wildman–Crippen LogP) is 6.20. The zero-order valence-corrected chi connectivity index (χ0v) is 23.4. The number of halogens is 1. The molecule has 0 fully saturated rings. The van der Waals surface area contributed by atoms with Crippen LogP contribution in [-0.2, 0) is 22.6 Å². The SMILES string of the molecule is Cc1ccc(CN(C(=O)COc2cc(C)c(Cl)c(C)c2)[C@@H](Cc2ccccc2)C(=O)NC(C)(C)C)cc1. The monoisotopic (exact) mass is 520 g/mol. The lowest BCUT2D eigenvalue weighted by atomic mass is 10.0. The third-order valence-corrected chi connectivity index (χ3v) is 6.61. The van der Waals surface area contributed by atoms with E-state index < -0.39 is 11.6 Å². The fraction of sp³-hybridized carbons (Fsp3) is 0.355. The van der Waals surface area contributed by atoms with Gasteiger partial charge in [0.1, 0.15) is 11.8 Å². The van der Waals surface area contributed by atoms with Crippen molar-refractivity contribution in [1.82, 2.24) is 10.2 Å². The van der Waals surface area contributed by atoms with Gasteiger partial charge in [-0.2, -0.15) is 0 Å². The maximum Gasteiger partial charge on any atom is 0.261 e. The molecule has 3 rings (SSSR count). The summed E-state index contributed by atoms with van der Waals surface area (Å²) in [7, 11) is 0. The van der Waals surface area contributed by atoms with E-state index in [1.54, 1.807) is 4.90 Å². The molecule has 2 amide bonds. The number of hydrogen-bond acceptors (Lipinski definition) is 3. The molecule has 6 heteroatoms. The number of carbonyl (C=O) groups excluding carboxylic acids is 2. The van der Waals surface area contributed by atoms with Gasteiger partial charge in [-0.05, 0) is 75.9 Å². The standard InChI is InChI=1S/C31H37ClN2O3/c1-21-12-14-25(15-13-21)19-34(28(35)20-37-26-16-22(2)29(32)23(3)17-26)27(30(36)33-31(4,5)6)18-24-10-8-7-9-11-24/h7-17,27H,18-20H2,1-6H3,(H,33,36)/t27-/m0/s1. The second-order valence-electron chi connectivity index (χ2n) is 10.6. The van der Waals surface area contributed by atoms with Gasteiger partial charge < -0.3 is 15.0 Å². The zero-order chi connectivity index (χ0) is 27.2. The molecule has 3 aromatic rings. The number of nitrogens with zero attached hydrogens (tertiary/aromatic N) is 1. The van der Waals surface area contributed by atoms with Crippen LogP contribution >= 0.6 is 11.6 Å².